The molecule has 2 aromatic heterocycles. The second-order valence-electron chi connectivity index (χ2n) is 3.25. The van der Waals surface area contributed by atoms with Gasteiger partial charge in [-0.15, -0.1) is 5.10 Å². The van der Waals surface area contributed by atoms with Crippen LogP contribution in [0.4, 0.5) is 0 Å². The summed E-state index contributed by atoms with van der Waals surface area (Å²) in [5.74, 6) is -0.517. The van der Waals surface area contributed by atoms with Crippen LogP contribution in [0.3, 0.4) is 0 Å². The number of nitrogens with zero attached hydrogens (tertiary/aromatic N) is 6. The molecule has 0 aromatic carbocycles. The van der Waals surface area contributed by atoms with Crippen molar-refractivity contribution in [1.82, 2.24) is 35.6 Å². The summed E-state index contributed by atoms with van der Waals surface area (Å²) in [6.45, 7) is 1.72. The van der Waals surface area contributed by atoms with E-state index in [9.17, 15) is 4.79 Å². The maximum absolute atomic E-state index is 10.6. The van der Waals surface area contributed by atoms with Crippen molar-refractivity contribution < 1.29 is 9.90 Å². The van der Waals surface area contributed by atoms with Crippen LogP contribution in [-0.4, -0.2) is 46.7 Å². The summed E-state index contributed by atoms with van der Waals surface area (Å²) in [6.07, 6.45) is 1.41. The first kappa shape index (κ1) is 10.2. The highest BCUT2D eigenvalue weighted by molar-refractivity contribution is 5.67. The van der Waals surface area contributed by atoms with Crippen molar-refractivity contribution >= 4 is 5.97 Å². The van der Waals surface area contributed by atoms with Crippen molar-refractivity contribution in [1.29, 1.82) is 0 Å². The predicted molar refractivity (Wildman–Crippen MR) is 50.2 cm³/mol. The maximum Gasteiger partial charge on any atom is 0.305 e. The number of H-pyrrole nitrogens is 1. The molecule has 2 heterocycles. The highest BCUT2D eigenvalue weighted by Crippen LogP contribution is 2.17. The van der Waals surface area contributed by atoms with E-state index in [4.69, 9.17) is 5.11 Å². The minimum Gasteiger partial charge on any atom is -0.481 e. The Morgan fingerprint density at radius 2 is 2.50 bits per heavy atom. The number of carboxylic acids is 1. The van der Waals surface area contributed by atoms with Gasteiger partial charge >= 0.3 is 5.97 Å². The van der Waals surface area contributed by atoms with Crippen LogP contribution in [0.25, 0.3) is 11.5 Å². The molecular weight excluding hydrogens is 214 g/mol. The molecule has 0 saturated carbocycles. The van der Waals surface area contributed by atoms with Gasteiger partial charge in [-0.05, 0) is 17.4 Å². The van der Waals surface area contributed by atoms with Crippen LogP contribution in [-0.2, 0) is 4.79 Å². The quantitative estimate of drug-likeness (QED) is 0.715. The van der Waals surface area contributed by atoms with Crippen molar-refractivity contribution in [3.05, 3.63) is 6.20 Å². The summed E-state index contributed by atoms with van der Waals surface area (Å²) in [5, 5.41) is 29.6. The largest absolute Gasteiger partial charge is 0.481 e. The standard InChI is InChI=1S/C7H9N7O2/c1-4(2-6(15)16)14-7(10-12-13-14)5-3-8-11-9-5/h3-4H,2H2,1H3,(H,15,16)(H,8,9,11). The number of aromatic amines is 1. The van der Waals surface area contributed by atoms with Crippen LogP contribution in [0.1, 0.15) is 19.4 Å². The van der Waals surface area contributed by atoms with Gasteiger partial charge in [-0.1, -0.05) is 0 Å². The van der Waals surface area contributed by atoms with E-state index >= 15 is 0 Å². The lowest BCUT2D eigenvalue weighted by molar-refractivity contribution is -0.137. The van der Waals surface area contributed by atoms with Crippen LogP contribution in [0.2, 0.25) is 0 Å². The molecule has 16 heavy (non-hydrogen) atoms. The minimum atomic E-state index is -0.908. The zero-order valence-corrected chi connectivity index (χ0v) is 8.40. The maximum atomic E-state index is 10.6. The molecule has 2 rings (SSSR count). The van der Waals surface area contributed by atoms with Gasteiger partial charge in [-0.3, -0.25) is 4.79 Å². The highest BCUT2D eigenvalue weighted by atomic mass is 16.4. The number of aliphatic carboxylic acids is 1. The number of hydrogen-bond donors (Lipinski definition) is 2. The predicted octanol–water partition coefficient (Wildman–Crippen LogP) is -0.506. The molecule has 2 N–H and O–H groups in total. The molecule has 0 spiro atoms. The number of rotatable bonds is 4. The number of nitrogens with one attached hydrogen (secondary N) is 1. The van der Waals surface area contributed by atoms with Crippen LogP contribution in [0, 0.1) is 0 Å². The molecule has 0 aliphatic rings. The first-order valence-corrected chi connectivity index (χ1v) is 4.54. The Bertz CT molecular complexity index is 477. The van der Waals surface area contributed by atoms with Crippen LogP contribution >= 0.6 is 0 Å². The van der Waals surface area contributed by atoms with E-state index in [0.717, 1.165) is 0 Å². The second-order valence-corrected chi connectivity index (χ2v) is 3.25. The molecule has 2 aromatic rings. The Balaban J connectivity index is 2.29. The normalized spacial score (nSPS) is 12.6. The molecule has 1 unspecified atom stereocenters. The molecule has 0 bridgehead atoms. The molecule has 0 aliphatic heterocycles. The van der Waals surface area contributed by atoms with Gasteiger partial charge in [-0.2, -0.15) is 15.4 Å². The second kappa shape index (κ2) is 4.04. The van der Waals surface area contributed by atoms with Gasteiger partial charge in [-0.25, -0.2) is 4.68 Å². The molecular formula is C7H9N7O2. The summed E-state index contributed by atoms with van der Waals surface area (Å²) < 4.78 is 1.41. The van der Waals surface area contributed by atoms with Crippen molar-refractivity contribution in [3.63, 3.8) is 0 Å². The SMILES string of the molecule is CC(CC(=O)O)n1nnnc1-c1cn[nH]n1. The third-order valence-corrected chi connectivity index (χ3v) is 2.02. The number of carbonyl (C=O) groups is 1. The average Bonchev–Trinajstić information content (AvgIpc) is 2.87. The van der Waals surface area contributed by atoms with E-state index < -0.39 is 5.97 Å². The van der Waals surface area contributed by atoms with Crippen molar-refractivity contribution in [2.75, 3.05) is 0 Å². The molecule has 0 saturated heterocycles. The fraction of sp³-hybridized carbons (Fsp3) is 0.429. The van der Waals surface area contributed by atoms with Crippen LogP contribution in [0.5, 0.6) is 0 Å². The van der Waals surface area contributed by atoms with Gasteiger partial charge < -0.3 is 5.11 Å². The lowest BCUT2D eigenvalue weighted by Crippen LogP contribution is -2.13. The molecule has 9 nitrogen and oxygen atoms in total. The molecule has 84 valence electrons. The Morgan fingerprint density at radius 1 is 1.69 bits per heavy atom. The summed E-state index contributed by atoms with van der Waals surface area (Å²) in [6, 6.07) is -0.348. The van der Waals surface area contributed by atoms with E-state index in [1.165, 1.54) is 10.9 Å². The highest BCUT2D eigenvalue weighted by Gasteiger charge is 2.18. The number of aromatic nitrogens is 7. The van der Waals surface area contributed by atoms with Gasteiger partial charge in [0.2, 0.25) is 5.82 Å². The first-order chi connectivity index (χ1) is 7.68. The van der Waals surface area contributed by atoms with E-state index in [2.05, 4.69) is 30.9 Å². The Labute approximate surface area is 89.5 Å². The van der Waals surface area contributed by atoms with E-state index in [0.29, 0.717) is 11.5 Å². The van der Waals surface area contributed by atoms with Crippen LogP contribution < -0.4 is 0 Å². The fourth-order valence-electron chi connectivity index (χ4n) is 1.31. The smallest absolute Gasteiger partial charge is 0.305 e. The van der Waals surface area contributed by atoms with E-state index in [-0.39, 0.29) is 12.5 Å². The topological polar surface area (TPSA) is 122 Å². The van der Waals surface area contributed by atoms with Crippen molar-refractivity contribution in [2.45, 2.75) is 19.4 Å². The number of tetrazole rings is 1. The Kier molecular flexibility index (Phi) is 2.58. The van der Waals surface area contributed by atoms with E-state index in [1.54, 1.807) is 6.92 Å². The van der Waals surface area contributed by atoms with Crippen LogP contribution in [0.15, 0.2) is 6.20 Å². The van der Waals surface area contributed by atoms with Gasteiger partial charge in [0.25, 0.3) is 0 Å². The molecule has 9 heteroatoms. The summed E-state index contributed by atoms with van der Waals surface area (Å²) in [4.78, 5) is 10.6. The monoisotopic (exact) mass is 223 g/mol. The molecule has 1 atom stereocenters. The van der Waals surface area contributed by atoms with Gasteiger partial charge in [0, 0.05) is 0 Å². The lowest BCUT2D eigenvalue weighted by Gasteiger charge is -2.09. The third-order valence-electron chi connectivity index (χ3n) is 2.02. The minimum absolute atomic E-state index is 0.0596. The zero-order chi connectivity index (χ0) is 11.5. The van der Waals surface area contributed by atoms with E-state index in [1.807, 2.05) is 0 Å². The van der Waals surface area contributed by atoms with Gasteiger partial charge in [0.15, 0.2) is 5.69 Å². The molecule has 0 aliphatic carbocycles. The Hall–Kier alpha value is -2.32. The number of carboxylic acid groups (broad SMARTS) is 1. The molecule has 0 fully saturated rings. The average molecular weight is 223 g/mol. The van der Waals surface area contributed by atoms with Gasteiger partial charge in [0.1, 0.15) is 0 Å². The summed E-state index contributed by atoms with van der Waals surface area (Å²) >= 11 is 0. The fourth-order valence-corrected chi connectivity index (χ4v) is 1.31. The lowest BCUT2D eigenvalue weighted by atomic mass is 10.2. The van der Waals surface area contributed by atoms with Crippen molar-refractivity contribution in [2.24, 2.45) is 0 Å². The zero-order valence-electron chi connectivity index (χ0n) is 8.40. The Morgan fingerprint density at radius 3 is 3.12 bits per heavy atom. The first-order valence-electron chi connectivity index (χ1n) is 4.54. The van der Waals surface area contributed by atoms with Crippen molar-refractivity contribution in [3.8, 4) is 11.5 Å². The third kappa shape index (κ3) is 1.87. The van der Waals surface area contributed by atoms with Gasteiger partial charge in [0.05, 0.1) is 18.7 Å². The summed E-state index contributed by atoms with van der Waals surface area (Å²) in [5.41, 5.74) is 0.474. The molecule has 0 radical (unpaired) electrons. The molecule has 0 amide bonds. The number of hydrogen-bond acceptors (Lipinski definition) is 6. The summed E-state index contributed by atoms with van der Waals surface area (Å²) in [7, 11) is 0.